The van der Waals surface area contributed by atoms with Crippen molar-refractivity contribution in [3.63, 3.8) is 0 Å². The number of carbonyl (C=O) groups excluding carboxylic acids is 1. The van der Waals surface area contributed by atoms with Crippen LogP contribution >= 0.6 is 11.6 Å². The Kier molecular flexibility index (Phi) is 6.59. The zero-order valence-electron chi connectivity index (χ0n) is 15.2. The Morgan fingerprint density at radius 3 is 2.22 bits per heavy atom. The molecule has 0 radical (unpaired) electrons. The molecule has 1 amide bonds. The molecule has 2 rings (SSSR count). The van der Waals surface area contributed by atoms with E-state index in [4.69, 9.17) is 16.3 Å². The predicted octanol–water partition coefficient (Wildman–Crippen LogP) is 4.86. The van der Waals surface area contributed by atoms with Gasteiger partial charge in [0.05, 0.1) is 24.2 Å². The quantitative estimate of drug-likeness (QED) is 0.694. The third-order valence-corrected chi connectivity index (χ3v) is 4.49. The lowest BCUT2D eigenvalue weighted by Gasteiger charge is -2.26. The van der Waals surface area contributed by atoms with Crippen LogP contribution in [0.3, 0.4) is 0 Å². The summed E-state index contributed by atoms with van der Waals surface area (Å²) in [6.45, 7) is 2.06. The van der Waals surface area contributed by atoms with Crippen molar-refractivity contribution in [2.75, 3.05) is 37.0 Å². The molecule has 0 fully saturated rings. The van der Waals surface area contributed by atoms with Gasteiger partial charge in [0.2, 0.25) is 5.91 Å². The molecule has 4 nitrogen and oxygen atoms in total. The second kappa shape index (κ2) is 8.52. The maximum atomic E-state index is 13.1. The summed E-state index contributed by atoms with van der Waals surface area (Å²) in [5.41, 5.74) is 0.0192. The number of anilines is 2. The van der Waals surface area contributed by atoms with Crippen LogP contribution in [0.1, 0.15) is 12.5 Å². The Hall–Kier alpha value is -2.41. The summed E-state index contributed by atoms with van der Waals surface area (Å²) in [5.74, 6) is 0.404. The van der Waals surface area contributed by atoms with Crippen molar-refractivity contribution >= 4 is 28.9 Å². The molecule has 8 heteroatoms. The average Bonchev–Trinajstić information content (AvgIpc) is 2.65. The summed E-state index contributed by atoms with van der Waals surface area (Å²) in [5, 5.41) is -0.371. The number of ether oxygens (including phenoxy) is 1. The number of nitrogens with zero attached hydrogens (tertiary/aromatic N) is 2. The van der Waals surface area contributed by atoms with Crippen LogP contribution in [0, 0.1) is 0 Å². The number of methoxy groups -OCH3 is 1. The molecule has 0 N–H and O–H groups in total. The highest BCUT2D eigenvalue weighted by Crippen LogP contribution is 2.37. The first kappa shape index (κ1) is 20.9. The van der Waals surface area contributed by atoms with Gasteiger partial charge in [-0.15, -0.1) is 0 Å². The summed E-state index contributed by atoms with van der Waals surface area (Å²) in [4.78, 5) is 15.6. The SMILES string of the molecule is CCN(CC(=O)N(C)c1ccc(OC)cc1)c1ccc(Cl)c(C(F)(F)F)c1. The molecule has 0 saturated heterocycles. The van der Waals surface area contributed by atoms with Crippen LogP contribution in [0.15, 0.2) is 42.5 Å². The Labute approximate surface area is 161 Å². The molecule has 0 bridgehead atoms. The van der Waals surface area contributed by atoms with Gasteiger partial charge in [-0.1, -0.05) is 11.6 Å². The van der Waals surface area contributed by atoms with Gasteiger partial charge in [-0.2, -0.15) is 13.2 Å². The van der Waals surface area contributed by atoms with Crippen molar-refractivity contribution in [2.45, 2.75) is 13.1 Å². The lowest BCUT2D eigenvalue weighted by molar-refractivity contribution is -0.137. The molecule has 0 aliphatic carbocycles. The summed E-state index contributed by atoms with van der Waals surface area (Å²) >= 11 is 5.67. The minimum Gasteiger partial charge on any atom is -0.497 e. The lowest BCUT2D eigenvalue weighted by Crippen LogP contribution is -2.38. The van der Waals surface area contributed by atoms with Gasteiger partial charge >= 0.3 is 6.18 Å². The maximum Gasteiger partial charge on any atom is 0.417 e. The van der Waals surface area contributed by atoms with Crippen molar-refractivity contribution < 1.29 is 22.7 Å². The van der Waals surface area contributed by atoms with Crippen LogP contribution in [0.2, 0.25) is 5.02 Å². The number of hydrogen-bond donors (Lipinski definition) is 0. The van der Waals surface area contributed by atoms with E-state index in [9.17, 15) is 18.0 Å². The number of amides is 1. The van der Waals surface area contributed by atoms with Crippen molar-refractivity contribution in [3.05, 3.63) is 53.1 Å². The van der Waals surface area contributed by atoms with E-state index < -0.39 is 11.7 Å². The van der Waals surface area contributed by atoms with E-state index in [1.807, 2.05) is 0 Å². The molecule has 0 heterocycles. The van der Waals surface area contributed by atoms with Crippen LogP contribution in [-0.4, -0.2) is 33.2 Å². The Balaban J connectivity index is 2.19. The minimum atomic E-state index is -4.56. The van der Waals surface area contributed by atoms with Crippen LogP contribution in [-0.2, 0) is 11.0 Å². The zero-order valence-corrected chi connectivity index (χ0v) is 15.9. The predicted molar refractivity (Wildman–Crippen MR) is 101 cm³/mol. The molecule has 2 aromatic rings. The maximum absolute atomic E-state index is 13.1. The van der Waals surface area contributed by atoms with E-state index in [-0.39, 0.29) is 23.2 Å². The van der Waals surface area contributed by atoms with Crippen molar-refractivity contribution in [2.24, 2.45) is 0 Å². The Bertz CT molecular complexity index is 795. The fourth-order valence-corrected chi connectivity index (χ4v) is 2.76. The molecular formula is C19H20ClF3N2O2. The largest absolute Gasteiger partial charge is 0.497 e. The van der Waals surface area contributed by atoms with Crippen LogP contribution in [0.4, 0.5) is 24.5 Å². The highest BCUT2D eigenvalue weighted by molar-refractivity contribution is 6.31. The first-order valence-electron chi connectivity index (χ1n) is 8.19. The number of hydrogen-bond acceptors (Lipinski definition) is 3. The second-order valence-electron chi connectivity index (χ2n) is 5.83. The number of halogens is 4. The number of benzene rings is 2. The van der Waals surface area contributed by atoms with Crippen LogP contribution in [0.5, 0.6) is 5.75 Å². The van der Waals surface area contributed by atoms with Gasteiger partial charge in [0.25, 0.3) is 0 Å². The summed E-state index contributed by atoms with van der Waals surface area (Å²) < 4.78 is 44.3. The van der Waals surface area contributed by atoms with E-state index >= 15 is 0 Å². The molecule has 0 aliphatic rings. The molecule has 27 heavy (non-hydrogen) atoms. The topological polar surface area (TPSA) is 32.8 Å². The molecule has 2 aromatic carbocycles. The standard InChI is InChI=1S/C19H20ClF3N2O2/c1-4-25(14-7-10-17(20)16(11-14)19(21,22)23)12-18(26)24(2)13-5-8-15(27-3)9-6-13/h5-11H,4,12H2,1-3H3. The Morgan fingerprint density at radius 2 is 1.70 bits per heavy atom. The average molecular weight is 401 g/mol. The van der Waals surface area contributed by atoms with E-state index in [0.717, 1.165) is 6.07 Å². The van der Waals surface area contributed by atoms with E-state index in [0.29, 0.717) is 18.0 Å². The van der Waals surface area contributed by atoms with Crippen molar-refractivity contribution in [1.29, 1.82) is 0 Å². The van der Waals surface area contributed by atoms with Gasteiger partial charge in [-0.25, -0.2) is 0 Å². The van der Waals surface area contributed by atoms with Crippen LogP contribution in [0.25, 0.3) is 0 Å². The number of likely N-dealkylation sites (N-methyl/N-ethyl adjacent to an activating group) is 2. The molecule has 0 unspecified atom stereocenters. The summed E-state index contributed by atoms with van der Waals surface area (Å²) in [6.07, 6.45) is -4.56. The number of carbonyl (C=O) groups is 1. The zero-order chi connectivity index (χ0) is 20.2. The van der Waals surface area contributed by atoms with Crippen molar-refractivity contribution in [1.82, 2.24) is 0 Å². The first-order valence-corrected chi connectivity index (χ1v) is 8.57. The Morgan fingerprint density at radius 1 is 1.11 bits per heavy atom. The minimum absolute atomic E-state index is 0.0715. The normalized spacial score (nSPS) is 11.2. The van der Waals surface area contributed by atoms with E-state index in [2.05, 4.69) is 0 Å². The van der Waals surface area contributed by atoms with Crippen molar-refractivity contribution in [3.8, 4) is 5.75 Å². The van der Waals surface area contributed by atoms with Gasteiger partial charge in [0.1, 0.15) is 5.75 Å². The van der Waals surface area contributed by atoms with Gasteiger partial charge in [-0.05, 0) is 49.4 Å². The summed E-state index contributed by atoms with van der Waals surface area (Å²) in [6, 6.07) is 10.6. The smallest absolute Gasteiger partial charge is 0.417 e. The second-order valence-corrected chi connectivity index (χ2v) is 6.23. The third-order valence-electron chi connectivity index (χ3n) is 4.16. The number of alkyl halides is 3. The van der Waals surface area contributed by atoms with Crippen LogP contribution < -0.4 is 14.5 Å². The van der Waals surface area contributed by atoms with Gasteiger partial charge in [0, 0.05) is 25.0 Å². The molecule has 146 valence electrons. The third kappa shape index (κ3) is 5.07. The highest BCUT2D eigenvalue weighted by Gasteiger charge is 2.33. The fourth-order valence-electron chi connectivity index (χ4n) is 2.53. The highest BCUT2D eigenvalue weighted by atomic mass is 35.5. The fraction of sp³-hybridized carbons (Fsp3) is 0.316. The van der Waals surface area contributed by atoms with E-state index in [1.54, 1.807) is 50.2 Å². The number of rotatable bonds is 6. The monoisotopic (exact) mass is 400 g/mol. The first-order chi connectivity index (χ1) is 12.7. The van der Waals surface area contributed by atoms with Gasteiger partial charge in [-0.3, -0.25) is 4.79 Å². The van der Waals surface area contributed by atoms with Gasteiger partial charge in [0.15, 0.2) is 0 Å². The molecule has 0 saturated carbocycles. The van der Waals surface area contributed by atoms with Gasteiger partial charge < -0.3 is 14.5 Å². The van der Waals surface area contributed by atoms with E-state index in [1.165, 1.54) is 17.0 Å². The molecule has 0 aromatic heterocycles. The molecule has 0 atom stereocenters. The summed E-state index contributed by atoms with van der Waals surface area (Å²) in [7, 11) is 3.16. The lowest BCUT2D eigenvalue weighted by atomic mass is 10.1. The molecule has 0 aliphatic heterocycles. The molecule has 0 spiro atoms. The molecular weight excluding hydrogens is 381 g/mol.